The number of Topliss-reactive ketones (excluding diaryl/α,β-unsaturated/α-hetero) is 1. The summed E-state index contributed by atoms with van der Waals surface area (Å²) in [7, 11) is -4.30. The number of ketones is 1. The topological polar surface area (TPSA) is 81.8 Å². The lowest BCUT2D eigenvalue weighted by atomic mass is 10.1. The second-order valence-electron chi connectivity index (χ2n) is 8.24. The number of rotatable bonds is 9. The van der Waals surface area contributed by atoms with E-state index in [1.807, 2.05) is 18.4 Å². The highest BCUT2D eigenvalue weighted by Gasteiger charge is 2.31. The first-order valence-corrected chi connectivity index (χ1v) is 12.3. The van der Waals surface area contributed by atoms with Crippen molar-refractivity contribution in [2.75, 3.05) is 13.2 Å². The van der Waals surface area contributed by atoms with E-state index in [-0.39, 0.29) is 18.4 Å². The molecule has 1 fully saturated rings. The van der Waals surface area contributed by atoms with Gasteiger partial charge in [-0.3, -0.25) is 4.79 Å². The van der Waals surface area contributed by atoms with E-state index in [4.69, 9.17) is 9.15 Å². The van der Waals surface area contributed by atoms with Crippen molar-refractivity contribution in [1.29, 1.82) is 0 Å². The average Bonchev–Trinajstić information content (AvgIpc) is 3.53. The number of carbonyl (C=O) groups excluding carboxylic acids is 1. The quantitative estimate of drug-likeness (QED) is 0.437. The van der Waals surface area contributed by atoms with Crippen molar-refractivity contribution < 1.29 is 26.8 Å². The Morgan fingerprint density at radius 1 is 1.21 bits per heavy atom. The molecule has 1 aliphatic heterocycles. The summed E-state index contributed by atoms with van der Waals surface area (Å²) in [6.07, 6.45) is 3.52. The Morgan fingerprint density at radius 3 is 2.67 bits per heavy atom. The van der Waals surface area contributed by atoms with Gasteiger partial charge in [-0.25, -0.2) is 12.8 Å². The smallest absolute Gasteiger partial charge is 0.246 e. The van der Waals surface area contributed by atoms with Gasteiger partial charge in [-0.2, -0.15) is 4.31 Å². The molecule has 2 aromatic heterocycles. The van der Waals surface area contributed by atoms with Crippen molar-refractivity contribution in [3.05, 3.63) is 77.3 Å². The molecule has 9 heteroatoms. The van der Waals surface area contributed by atoms with E-state index >= 15 is 0 Å². The lowest BCUT2D eigenvalue weighted by Crippen LogP contribution is -2.35. The van der Waals surface area contributed by atoms with Crippen LogP contribution in [0, 0.1) is 19.7 Å². The highest BCUT2D eigenvalue weighted by molar-refractivity contribution is 7.89. The monoisotopic (exact) mass is 474 g/mol. The third-order valence-corrected chi connectivity index (χ3v) is 7.80. The Labute approximate surface area is 192 Å². The molecule has 1 saturated heterocycles. The minimum Gasteiger partial charge on any atom is -0.468 e. The fraction of sp³-hybridized carbons (Fsp3) is 0.375. The number of sulfonamides is 1. The van der Waals surface area contributed by atoms with Gasteiger partial charge >= 0.3 is 0 Å². The molecule has 0 saturated carbocycles. The molecule has 3 heterocycles. The van der Waals surface area contributed by atoms with Crippen molar-refractivity contribution in [3.8, 4) is 0 Å². The SMILES string of the molecule is Cc1cc(C(=O)CN(Cc2ccco2)S(=O)(=O)c2ccccc2F)c(C)n1C[C@@H]1CCCO1. The molecule has 33 heavy (non-hydrogen) atoms. The largest absolute Gasteiger partial charge is 0.468 e. The Morgan fingerprint density at radius 2 is 2.00 bits per heavy atom. The molecule has 0 N–H and O–H groups in total. The van der Waals surface area contributed by atoms with Crippen LogP contribution in [0.4, 0.5) is 4.39 Å². The zero-order valence-electron chi connectivity index (χ0n) is 18.7. The molecular formula is C24H27FN2O5S. The molecule has 1 atom stereocenters. The summed E-state index contributed by atoms with van der Waals surface area (Å²) in [6.45, 7) is 4.51. The molecule has 0 bridgehead atoms. The van der Waals surface area contributed by atoms with Crippen molar-refractivity contribution >= 4 is 15.8 Å². The summed E-state index contributed by atoms with van der Waals surface area (Å²) in [5.41, 5.74) is 2.11. The summed E-state index contributed by atoms with van der Waals surface area (Å²) in [4.78, 5) is 12.8. The number of halogens is 1. The zero-order valence-corrected chi connectivity index (χ0v) is 19.5. The first-order valence-electron chi connectivity index (χ1n) is 10.9. The maximum Gasteiger partial charge on any atom is 0.246 e. The Bertz CT molecular complexity index is 1230. The van der Waals surface area contributed by atoms with Gasteiger partial charge < -0.3 is 13.7 Å². The van der Waals surface area contributed by atoms with E-state index in [1.54, 1.807) is 18.2 Å². The summed E-state index contributed by atoms with van der Waals surface area (Å²) in [5.74, 6) is -0.885. The van der Waals surface area contributed by atoms with Crippen molar-refractivity contribution in [3.63, 3.8) is 0 Å². The molecule has 0 unspecified atom stereocenters. The van der Waals surface area contributed by atoms with Gasteiger partial charge in [0.1, 0.15) is 16.5 Å². The standard InChI is InChI=1S/C24H27FN2O5S/c1-17-13-21(18(2)27(17)15-20-8-6-12-32-20)23(28)16-26(14-19-7-5-11-31-19)33(29,30)24-10-4-3-9-22(24)25/h3-5,7,9-11,13,20H,6,8,12,14-16H2,1-2H3/t20-/m0/s1. The normalized spacial score (nSPS) is 16.5. The van der Waals surface area contributed by atoms with Gasteiger partial charge in [-0.1, -0.05) is 12.1 Å². The second kappa shape index (κ2) is 9.62. The first-order chi connectivity index (χ1) is 15.8. The predicted octanol–water partition coefficient (Wildman–Crippen LogP) is 4.09. The summed E-state index contributed by atoms with van der Waals surface area (Å²) in [5, 5.41) is 0. The number of hydrogen-bond acceptors (Lipinski definition) is 5. The second-order valence-corrected chi connectivity index (χ2v) is 10.1. The van der Waals surface area contributed by atoms with E-state index in [1.165, 1.54) is 24.5 Å². The lowest BCUT2D eigenvalue weighted by Gasteiger charge is -2.21. The van der Waals surface area contributed by atoms with E-state index in [0.29, 0.717) is 17.9 Å². The molecule has 4 rings (SSSR count). The molecular weight excluding hydrogens is 447 g/mol. The van der Waals surface area contributed by atoms with Gasteiger partial charge in [0.25, 0.3) is 0 Å². The fourth-order valence-electron chi connectivity index (χ4n) is 4.20. The van der Waals surface area contributed by atoms with Crippen LogP contribution in [0.15, 0.2) is 58.0 Å². The number of carbonyl (C=O) groups is 1. The zero-order chi connectivity index (χ0) is 23.6. The maximum absolute atomic E-state index is 14.4. The van der Waals surface area contributed by atoms with Crippen LogP contribution in [-0.2, 0) is 27.8 Å². The van der Waals surface area contributed by atoms with E-state index in [9.17, 15) is 17.6 Å². The summed E-state index contributed by atoms with van der Waals surface area (Å²) in [6, 6.07) is 10.1. The van der Waals surface area contributed by atoms with E-state index in [0.717, 1.165) is 41.2 Å². The summed E-state index contributed by atoms with van der Waals surface area (Å²) >= 11 is 0. The molecule has 0 amide bonds. The number of aryl methyl sites for hydroxylation is 1. The maximum atomic E-state index is 14.4. The van der Waals surface area contributed by atoms with E-state index < -0.39 is 27.3 Å². The van der Waals surface area contributed by atoms with Crippen LogP contribution in [-0.4, -0.2) is 42.3 Å². The Hall–Kier alpha value is -2.75. The average molecular weight is 475 g/mol. The van der Waals surface area contributed by atoms with Crippen LogP contribution in [0.1, 0.15) is 40.3 Å². The predicted molar refractivity (Wildman–Crippen MR) is 120 cm³/mol. The molecule has 176 valence electrons. The van der Waals surface area contributed by atoms with Crippen LogP contribution >= 0.6 is 0 Å². The third-order valence-electron chi connectivity index (χ3n) is 5.97. The third kappa shape index (κ3) is 4.95. The van der Waals surface area contributed by atoms with Crippen LogP contribution in [0.25, 0.3) is 0 Å². The van der Waals surface area contributed by atoms with Gasteiger partial charge in [0, 0.05) is 30.1 Å². The first kappa shape index (κ1) is 23.4. The molecule has 0 aliphatic carbocycles. The van der Waals surface area contributed by atoms with Crippen LogP contribution in [0.2, 0.25) is 0 Å². The lowest BCUT2D eigenvalue weighted by molar-refractivity contribution is 0.0944. The number of nitrogens with zero attached hydrogens (tertiary/aromatic N) is 2. The van der Waals surface area contributed by atoms with Crippen molar-refractivity contribution in [2.45, 2.75) is 50.8 Å². The molecule has 0 radical (unpaired) electrons. The van der Waals surface area contributed by atoms with Gasteiger partial charge in [0.05, 0.1) is 25.5 Å². The van der Waals surface area contributed by atoms with Crippen molar-refractivity contribution in [1.82, 2.24) is 8.87 Å². The number of benzene rings is 1. The van der Waals surface area contributed by atoms with E-state index in [2.05, 4.69) is 0 Å². The van der Waals surface area contributed by atoms with Crippen LogP contribution in [0.3, 0.4) is 0 Å². The van der Waals surface area contributed by atoms with Gasteiger partial charge in [-0.15, -0.1) is 0 Å². The van der Waals surface area contributed by atoms with Crippen LogP contribution < -0.4 is 0 Å². The highest BCUT2D eigenvalue weighted by atomic mass is 32.2. The molecule has 0 spiro atoms. The van der Waals surface area contributed by atoms with Gasteiger partial charge in [0.2, 0.25) is 10.0 Å². The molecule has 1 aliphatic rings. The fourth-order valence-corrected chi connectivity index (χ4v) is 5.62. The number of hydrogen-bond donors (Lipinski definition) is 0. The summed E-state index contributed by atoms with van der Waals surface area (Å²) < 4.78 is 55.0. The molecule has 3 aromatic rings. The highest BCUT2D eigenvalue weighted by Crippen LogP contribution is 2.24. The van der Waals surface area contributed by atoms with Gasteiger partial charge in [-0.05, 0) is 57.0 Å². The number of aromatic nitrogens is 1. The van der Waals surface area contributed by atoms with Crippen LogP contribution in [0.5, 0.6) is 0 Å². The Balaban J connectivity index is 1.63. The minimum atomic E-state index is -4.30. The molecule has 7 nitrogen and oxygen atoms in total. The van der Waals surface area contributed by atoms with Gasteiger partial charge in [0.15, 0.2) is 5.78 Å². The van der Waals surface area contributed by atoms with Crippen molar-refractivity contribution in [2.24, 2.45) is 0 Å². The Kier molecular flexibility index (Phi) is 6.83. The number of furan rings is 1. The molecule has 1 aromatic carbocycles. The minimum absolute atomic E-state index is 0.106. The number of ether oxygens (including phenoxy) is 1.